The van der Waals surface area contributed by atoms with Crippen molar-refractivity contribution >= 4 is 17.3 Å². The Hall–Kier alpha value is -1.68. The van der Waals surface area contributed by atoms with Crippen LogP contribution in [0.15, 0.2) is 29.3 Å². The number of amides is 1. The van der Waals surface area contributed by atoms with Crippen molar-refractivity contribution in [3.63, 3.8) is 0 Å². The number of nitrogens with one attached hydrogen (secondary N) is 2. The van der Waals surface area contributed by atoms with Crippen molar-refractivity contribution in [3.8, 4) is 0 Å². The lowest BCUT2D eigenvalue weighted by Gasteiger charge is -2.31. The molecule has 3 rings (SSSR count). The van der Waals surface area contributed by atoms with Gasteiger partial charge in [-0.1, -0.05) is 18.2 Å². The van der Waals surface area contributed by atoms with Gasteiger partial charge in [0.15, 0.2) is 0 Å². The molecule has 1 saturated heterocycles. The highest BCUT2D eigenvalue weighted by Crippen LogP contribution is 2.30. The monoisotopic (exact) mass is 243 g/mol. The Morgan fingerprint density at radius 3 is 2.72 bits per heavy atom. The molecule has 2 N–H and O–H groups in total. The van der Waals surface area contributed by atoms with Gasteiger partial charge in [0, 0.05) is 17.0 Å². The van der Waals surface area contributed by atoms with Gasteiger partial charge in [-0.2, -0.15) is 0 Å². The lowest BCUT2D eigenvalue weighted by atomic mass is 9.88. The molecule has 0 aromatic heterocycles. The number of carbonyl (C=O) groups is 1. The quantitative estimate of drug-likeness (QED) is 0.726. The number of piperidine rings is 1. The summed E-state index contributed by atoms with van der Waals surface area (Å²) in [4.78, 5) is 17.2. The van der Waals surface area contributed by atoms with Gasteiger partial charge in [-0.05, 0) is 38.9 Å². The van der Waals surface area contributed by atoms with E-state index in [1.165, 1.54) is 0 Å². The van der Waals surface area contributed by atoms with Crippen LogP contribution in [0.5, 0.6) is 0 Å². The van der Waals surface area contributed by atoms with Crippen LogP contribution in [0.4, 0.5) is 5.69 Å². The van der Waals surface area contributed by atoms with E-state index in [2.05, 4.69) is 10.6 Å². The van der Waals surface area contributed by atoms with E-state index < -0.39 is 5.54 Å². The first-order valence-electron chi connectivity index (χ1n) is 6.39. The number of carbonyl (C=O) groups excluding carboxylic acids is 1. The van der Waals surface area contributed by atoms with Crippen LogP contribution in [0.3, 0.4) is 0 Å². The van der Waals surface area contributed by atoms with Crippen molar-refractivity contribution in [1.82, 2.24) is 5.32 Å². The minimum absolute atomic E-state index is 0.0355. The molecule has 0 aliphatic carbocycles. The van der Waals surface area contributed by atoms with Gasteiger partial charge in [0.1, 0.15) is 5.54 Å². The second kappa shape index (κ2) is 4.21. The molecule has 94 valence electrons. The fourth-order valence-electron chi connectivity index (χ4n) is 2.76. The second-order valence-corrected chi connectivity index (χ2v) is 4.98. The van der Waals surface area contributed by atoms with Gasteiger partial charge in [0.05, 0.1) is 0 Å². The van der Waals surface area contributed by atoms with Crippen LogP contribution in [-0.4, -0.2) is 30.2 Å². The van der Waals surface area contributed by atoms with E-state index in [0.717, 1.165) is 42.9 Å². The largest absolute Gasteiger partial charge is 0.323 e. The maximum absolute atomic E-state index is 12.5. The number of hydrogen-bond acceptors (Lipinski definition) is 3. The van der Waals surface area contributed by atoms with E-state index in [4.69, 9.17) is 4.99 Å². The van der Waals surface area contributed by atoms with Crippen LogP contribution >= 0.6 is 0 Å². The van der Waals surface area contributed by atoms with E-state index in [1.54, 1.807) is 0 Å². The van der Waals surface area contributed by atoms with Crippen LogP contribution in [0.1, 0.15) is 25.3 Å². The zero-order chi connectivity index (χ0) is 12.6. The Labute approximate surface area is 106 Å². The van der Waals surface area contributed by atoms with Crippen molar-refractivity contribution in [2.24, 2.45) is 4.99 Å². The fourth-order valence-corrected chi connectivity index (χ4v) is 2.76. The van der Waals surface area contributed by atoms with Gasteiger partial charge < -0.3 is 10.6 Å². The Morgan fingerprint density at radius 2 is 1.94 bits per heavy atom. The molecule has 0 bridgehead atoms. The molecule has 1 spiro atoms. The molecular formula is C14H17N3O. The van der Waals surface area contributed by atoms with Gasteiger partial charge in [-0.15, -0.1) is 0 Å². The summed E-state index contributed by atoms with van der Waals surface area (Å²) < 4.78 is 0. The molecule has 18 heavy (non-hydrogen) atoms. The maximum Gasteiger partial charge on any atom is 0.252 e. The lowest BCUT2D eigenvalue weighted by molar-refractivity contribution is -0.121. The lowest BCUT2D eigenvalue weighted by Crippen LogP contribution is -2.49. The van der Waals surface area contributed by atoms with E-state index in [-0.39, 0.29) is 5.91 Å². The molecule has 1 aromatic rings. The number of nitrogens with zero attached hydrogens (tertiary/aromatic N) is 1. The molecule has 2 aliphatic rings. The van der Waals surface area contributed by atoms with Crippen LogP contribution < -0.4 is 10.6 Å². The Kier molecular flexibility index (Phi) is 2.67. The third kappa shape index (κ3) is 1.73. The van der Waals surface area contributed by atoms with E-state index in [9.17, 15) is 4.79 Å². The standard InChI is InChI=1S/C14H17N3O/c1-10-11-4-2-3-5-12(11)16-13(18)14(17-10)6-8-15-9-7-14/h2-5,15H,6-9H2,1H3,(H,16,18). The average Bonchev–Trinajstić information content (AvgIpc) is 2.48. The number of hydrogen-bond donors (Lipinski definition) is 2. The summed E-state index contributed by atoms with van der Waals surface area (Å²) in [6, 6.07) is 7.86. The number of benzene rings is 1. The number of para-hydroxylation sites is 1. The number of aliphatic imine (C=N–C) groups is 1. The normalized spacial score (nSPS) is 21.8. The molecule has 0 saturated carbocycles. The third-order valence-electron chi connectivity index (χ3n) is 3.80. The molecular weight excluding hydrogens is 226 g/mol. The SMILES string of the molecule is CC1=NC2(CCNCC2)C(=O)Nc2ccccc21. The Bertz CT molecular complexity index is 516. The smallest absolute Gasteiger partial charge is 0.252 e. The average molecular weight is 243 g/mol. The van der Waals surface area contributed by atoms with Gasteiger partial charge in [-0.25, -0.2) is 0 Å². The molecule has 2 aliphatic heterocycles. The van der Waals surface area contributed by atoms with E-state index >= 15 is 0 Å². The first kappa shape index (κ1) is 11.4. The predicted molar refractivity (Wildman–Crippen MR) is 72.1 cm³/mol. The molecule has 4 heteroatoms. The number of anilines is 1. The van der Waals surface area contributed by atoms with Crippen molar-refractivity contribution in [3.05, 3.63) is 29.8 Å². The summed E-state index contributed by atoms with van der Waals surface area (Å²) in [7, 11) is 0. The molecule has 1 amide bonds. The highest BCUT2D eigenvalue weighted by molar-refractivity contribution is 6.12. The molecule has 4 nitrogen and oxygen atoms in total. The molecule has 0 unspecified atom stereocenters. The Morgan fingerprint density at radius 1 is 1.22 bits per heavy atom. The maximum atomic E-state index is 12.5. The summed E-state index contributed by atoms with van der Waals surface area (Å²) in [5.41, 5.74) is 2.28. The highest BCUT2D eigenvalue weighted by Gasteiger charge is 2.41. The first-order chi connectivity index (χ1) is 8.71. The molecule has 1 fully saturated rings. The summed E-state index contributed by atoms with van der Waals surface area (Å²) in [5, 5.41) is 6.32. The van der Waals surface area contributed by atoms with Gasteiger partial charge in [-0.3, -0.25) is 9.79 Å². The molecule has 0 radical (unpaired) electrons. The molecule has 0 atom stereocenters. The molecule has 2 heterocycles. The predicted octanol–water partition coefficient (Wildman–Crippen LogP) is 1.57. The fraction of sp³-hybridized carbons (Fsp3) is 0.429. The second-order valence-electron chi connectivity index (χ2n) is 4.98. The van der Waals surface area contributed by atoms with E-state index in [0.29, 0.717) is 0 Å². The zero-order valence-corrected chi connectivity index (χ0v) is 10.5. The van der Waals surface area contributed by atoms with Gasteiger partial charge in [0.25, 0.3) is 5.91 Å². The summed E-state index contributed by atoms with van der Waals surface area (Å²) in [6.07, 6.45) is 1.54. The Balaban J connectivity index is 2.08. The summed E-state index contributed by atoms with van der Waals surface area (Å²) in [6.45, 7) is 3.68. The molecule has 1 aromatic carbocycles. The highest BCUT2D eigenvalue weighted by atomic mass is 16.2. The van der Waals surface area contributed by atoms with Crippen molar-refractivity contribution < 1.29 is 4.79 Å². The van der Waals surface area contributed by atoms with Crippen LogP contribution in [0.25, 0.3) is 0 Å². The van der Waals surface area contributed by atoms with Gasteiger partial charge in [0.2, 0.25) is 0 Å². The van der Waals surface area contributed by atoms with Crippen LogP contribution in [-0.2, 0) is 4.79 Å². The summed E-state index contributed by atoms with van der Waals surface area (Å²) in [5.74, 6) is 0.0355. The van der Waals surface area contributed by atoms with Crippen molar-refractivity contribution in [2.75, 3.05) is 18.4 Å². The van der Waals surface area contributed by atoms with Crippen LogP contribution in [0, 0.1) is 0 Å². The van der Waals surface area contributed by atoms with Crippen molar-refractivity contribution in [2.45, 2.75) is 25.3 Å². The van der Waals surface area contributed by atoms with Gasteiger partial charge >= 0.3 is 0 Å². The third-order valence-corrected chi connectivity index (χ3v) is 3.80. The summed E-state index contributed by atoms with van der Waals surface area (Å²) >= 11 is 0. The minimum Gasteiger partial charge on any atom is -0.323 e. The minimum atomic E-state index is -0.575. The topological polar surface area (TPSA) is 53.5 Å². The first-order valence-corrected chi connectivity index (χ1v) is 6.39. The van der Waals surface area contributed by atoms with Crippen molar-refractivity contribution in [1.29, 1.82) is 0 Å². The van der Waals surface area contributed by atoms with Crippen LogP contribution in [0.2, 0.25) is 0 Å². The zero-order valence-electron chi connectivity index (χ0n) is 10.5. The number of fused-ring (bicyclic) bond motifs is 1. The number of rotatable bonds is 0. The van der Waals surface area contributed by atoms with E-state index in [1.807, 2.05) is 31.2 Å².